The average Bonchev–Trinajstić information content (AvgIpc) is 3.14. The fourth-order valence-corrected chi connectivity index (χ4v) is 2.55. The van der Waals surface area contributed by atoms with Crippen molar-refractivity contribution in [2.45, 2.75) is 13.0 Å². The zero-order valence-electron chi connectivity index (χ0n) is 12.4. The highest BCUT2D eigenvalue weighted by Crippen LogP contribution is 2.21. The SMILES string of the molecule is Cc1ccnc2nc(-c3nc(C4CNCCN4C)no3)nn12. The molecule has 1 saturated heterocycles. The first-order chi connectivity index (χ1) is 10.7. The van der Waals surface area contributed by atoms with Crippen molar-refractivity contribution < 1.29 is 4.52 Å². The van der Waals surface area contributed by atoms with Crippen LogP contribution in [0.4, 0.5) is 0 Å². The molecule has 1 atom stereocenters. The van der Waals surface area contributed by atoms with Crippen molar-refractivity contribution in [3.63, 3.8) is 0 Å². The minimum Gasteiger partial charge on any atom is -0.330 e. The molecule has 9 heteroatoms. The molecule has 1 aliphatic heterocycles. The lowest BCUT2D eigenvalue weighted by atomic mass is 10.2. The monoisotopic (exact) mass is 300 g/mol. The molecule has 114 valence electrons. The van der Waals surface area contributed by atoms with Gasteiger partial charge in [-0.3, -0.25) is 4.90 Å². The van der Waals surface area contributed by atoms with E-state index >= 15 is 0 Å². The Hall–Kier alpha value is -2.39. The predicted octanol–water partition coefficient (Wildman–Crippen LogP) is 0.0588. The van der Waals surface area contributed by atoms with Crippen molar-refractivity contribution >= 4 is 5.78 Å². The Morgan fingerprint density at radius 3 is 3.09 bits per heavy atom. The molecule has 1 aliphatic rings. The predicted molar refractivity (Wildman–Crippen MR) is 77.1 cm³/mol. The number of piperazine rings is 1. The third-order valence-corrected chi connectivity index (χ3v) is 3.87. The van der Waals surface area contributed by atoms with Crippen LogP contribution in [0.2, 0.25) is 0 Å². The van der Waals surface area contributed by atoms with E-state index in [0.717, 1.165) is 25.3 Å². The average molecular weight is 300 g/mol. The number of rotatable bonds is 2. The van der Waals surface area contributed by atoms with Gasteiger partial charge in [-0.2, -0.15) is 9.97 Å². The second-order valence-electron chi connectivity index (χ2n) is 5.39. The van der Waals surface area contributed by atoms with Gasteiger partial charge in [0.05, 0.1) is 6.04 Å². The largest absolute Gasteiger partial charge is 0.330 e. The lowest BCUT2D eigenvalue weighted by Gasteiger charge is -2.30. The molecule has 4 rings (SSSR count). The van der Waals surface area contributed by atoms with Crippen LogP contribution in [0.3, 0.4) is 0 Å². The summed E-state index contributed by atoms with van der Waals surface area (Å²) in [5.41, 5.74) is 0.944. The molecule has 4 heterocycles. The molecule has 22 heavy (non-hydrogen) atoms. The molecule has 0 aliphatic carbocycles. The van der Waals surface area contributed by atoms with Crippen LogP contribution in [0.25, 0.3) is 17.5 Å². The third-order valence-electron chi connectivity index (χ3n) is 3.87. The Morgan fingerprint density at radius 2 is 2.27 bits per heavy atom. The first-order valence-electron chi connectivity index (χ1n) is 7.16. The van der Waals surface area contributed by atoms with Gasteiger partial charge in [-0.25, -0.2) is 9.50 Å². The quantitative estimate of drug-likeness (QED) is 0.709. The Balaban J connectivity index is 1.69. The Morgan fingerprint density at radius 1 is 1.36 bits per heavy atom. The summed E-state index contributed by atoms with van der Waals surface area (Å²) in [7, 11) is 2.05. The van der Waals surface area contributed by atoms with Gasteiger partial charge >= 0.3 is 0 Å². The first kappa shape index (κ1) is 13.3. The van der Waals surface area contributed by atoms with Crippen molar-refractivity contribution in [3.8, 4) is 11.7 Å². The molecular weight excluding hydrogens is 284 g/mol. The summed E-state index contributed by atoms with van der Waals surface area (Å²) < 4.78 is 7.00. The zero-order chi connectivity index (χ0) is 15.1. The molecule has 1 N–H and O–H groups in total. The molecule has 3 aromatic heterocycles. The summed E-state index contributed by atoms with van der Waals surface area (Å²) in [4.78, 5) is 15.2. The van der Waals surface area contributed by atoms with Crippen molar-refractivity contribution in [2.75, 3.05) is 26.7 Å². The van der Waals surface area contributed by atoms with Gasteiger partial charge in [0.15, 0.2) is 5.82 Å². The van der Waals surface area contributed by atoms with E-state index in [1.165, 1.54) is 0 Å². The topological polar surface area (TPSA) is 97.3 Å². The number of aryl methyl sites for hydroxylation is 1. The molecule has 0 saturated carbocycles. The van der Waals surface area contributed by atoms with Gasteiger partial charge in [0.25, 0.3) is 11.7 Å². The molecule has 0 aromatic carbocycles. The number of likely N-dealkylation sites (N-methyl/N-ethyl adjacent to an activating group) is 1. The number of nitrogens with one attached hydrogen (secondary N) is 1. The van der Waals surface area contributed by atoms with Crippen LogP contribution >= 0.6 is 0 Å². The van der Waals surface area contributed by atoms with Crippen LogP contribution in [0, 0.1) is 6.92 Å². The number of nitrogens with zero attached hydrogens (tertiary/aromatic N) is 7. The minimum absolute atomic E-state index is 0.100. The van der Waals surface area contributed by atoms with Gasteiger partial charge in [-0.05, 0) is 20.0 Å². The lowest BCUT2D eigenvalue weighted by molar-refractivity contribution is 0.190. The number of fused-ring (bicyclic) bond motifs is 1. The Bertz CT molecular complexity index is 809. The van der Waals surface area contributed by atoms with E-state index in [1.807, 2.05) is 13.0 Å². The fraction of sp³-hybridized carbons (Fsp3) is 0.462. The van der Waals surface area contributed by atoms with Gasteiger partial charge in [0.1, 0.15) is 0 Å². The van der Waals surface area contributed by atoms with Gasteiger partial charge in [0.2, 0.25) is 5.82 Å². The van der Waals surface area contributed by atoms with Crippen LogP contribution in [-0.2, 0) is 0 Å². The molecule has 0 amide bonds. The van der Waals surface area contributed by atoms with E-state index < -0.39 is 0 Å². The van der Waals surface area contributed by atoms with E-state index in [4.69, 9.17) is 4.52 Å². The standard InChI is InChI=1S/C13H16N8O/c1-8-3-4-15-13-17-11(18-21(8)13)12-16-10(19-22-12)9-7-14-5-6-20(9)2/h3-4,9,14H,5-7H2,1-2H3. The molecule has 3 aromatic rings. The molecule has 1 unspecified atom stereocenters. The molecule has 9 nitrogen and oxygen atoms in total. The van der Waals surface area contributed by atoms with Gasteiger partial charge in [-0.1, -0.05) is 5.16 Å². The summed E-state index contributed by atoms with van der Waals surface area (Å²) in [6.07, 6.45) is 1.70. The second kappa shape index (κ2) is 5.11. The third kappa shape index (κ3) is 2.14. The maximum absolute atomic E-state index is 5.34. The van der Waals surface area contributed by atoms with Gasteiger partial charge in [-0.15, -0.1) is 5.10 Å². The molecule has 1 fully saturated rings. The highest BCUT2D eigenvalue weighted by molar-refractivity contribution is 5.45. The van der Waals surface area contributed by atoms with Gasteiger partial charge < -0.3 is 9.84 Å². The minimum atomic E-state index is 0.100. The van der Waals surface area contributed by atoms with Crippen LogP contribution in [0.15, 0.2) is 16.8 Å². The van der Waals surface area contributed by atoms with Crippen LogP contribution < -0.4 is 5.32 Å². The number of hydrogen-bond acceptors (Lipinski definition) is 8. The first-order valence-corrected chi connectivity index (χ1v) is 7.16. The van der Waals surface area contributed by atoms with E-state index in [0.29, 0.717) is 23.3 Å². The van der Waals surface area contributed by atoms with Crippen molar-refractivity contribution in [3.05, 3.63) is 23.8 Å². The van der Waals surface area contributed by atoms with E-state index in [9.17, 15) is 0 Å². The van der Waals surface area contributed by atoms with Crippen molar-refractivity contribution in [2.24, 2.45) is 0 Å². The molecule has 0 bridgehead atoms. The highest BCUT2D eigenvalue weighted by atomic mass is 16.5. The van der Waals surface area contributed by atoms with Crippen molar-refractivity contribution in [1.82, 2.24) is 39.9 Å². The summed E-state index contributed by atoms with van der Waals surface area (Å²) >= 11 is 0. The van der Waals surface area contributed by atoms with E-state index in [2.05, 4.69) is 42.5 Å². The van der Waals surface area contributed by atoms with Crippen LogP contribution in [-0.4, -0.2) is 61.3 Å². The zero-order valence-corrected chi connectivity index (χ0v) is 12.4. The maximum Gasteiger partial charge on any atom is 0.297 e. The Labute approximate surface area is 126 Å². The number of hydrogen-bond donors (Lipinski definition) is 1. The normalized spacial score (nSPS) is 19.8. The second-order valence-corrected chi connectivity index (χ2v) is 5.39. The summed E-state index contributed by atoms with van der Waals surface area (Å²) in [6, 6.07) is 1.97. The summed E-state index contributed by atoms with van der Waals surface area (Å²) in [5.74, 6) is 1.88. The highest BCUT2D eigenvalue weighted by Gasteiger charge is 2.26. The molecule has 0 spiro atoms. The van der Waals surface area contributed by atoms with Gasteiger partial charge in [0, 0.05) is 31.5 Å². The fourth-order valence-electron chi connectivity index (χ4n) is 2.55. The maximum atomic E-state index is 5.34. The molecule has 0 radical (unpaired) electrons. The van der Waals surface area contributed by atoms with Crippen LogP contribution in [0.1, 0.15) is 17.6 Å². The smallest absolute Gasteiger partial charge is 0.297 e. The van der Waals surface area contributed by atoms with E-state index in [1.54, 1.807) is 10.7 Å². The Kier molecular flexibility index (Phi) is 3.09. The number of aromatic nitrogens is 6. The van der Waals surface area contributed by atoms with E-state index in [-0.39, 0.29) is 6.04 Å². The van der Waals surface area contributed by atoms with Crippen molar-refractivity contribution in [1.29, 1.82) is 0 Å². The summed E-state index contributed by atoms with van der Waals surface area (Å²) in [6.45, 7) is 4.66. The lowest BCUT2D eigenvalue weighted by Crippen LogP contribution is -2.44. The van der Waals surface area contributed by atoms with Crippen LogP contribution in [0.5, 0.6) is 0 Å². The molecular formula is C13H16N8O. The summed E-state index contributed by atoms with van der Waals surface area (Å²) in [5, 5.41) is 11.8.